The fourth-order valence-corrected chi connectivity index (χ4v) is 3.05. The molecule has 4 nitrogen and oxygen atoms in total. The van der Waals surface area contributed by atoms with E-state index in [1.54, 1.807) is 12.3 Å². The lowest BCUT2D eigenvalue weighted by Gasteiger charge is -2.17. The topological polar surface area (TPSA) is 59.4 Å². The minimum Gasteiger partial charge on any atom is -0.253 e. The van der Waals surface area contributed by atoms with E-state index in [4.69, 9.17) is 0 Å². The largest absolute Gasteiger partial charge is 0.284 e. The van der Waals surface area contributed by atoms with Gasteiger partial charge in [0.25, 0.3) is 10.0 Å². The molecular weight excluding hydrogens is 224 g/mol. The molecule has 1 aromatic rings. The molecule has 86 valence electrons. The number of pyridine rings is 1. The molecule has 0 N–H and O–H groups in total. The molecule has 1 aliphatic heterocycles. The fourth-order valence-electron chi connectivity index (χ4n) is 1.62. The second-order valence-corrected chi connectivity index (χ2v) is 6.60. The van der Waals surface area contributed by atoms with Gasteiger partial charge in [0, 0.05) is 11.6 Å². The van der Waals surface area contributed by atoms with E-state index >= 15 is 0 Å². The van der Waals surface area contributed by atoms with Crippen molar-refractivity contribution in [2.75, 3.05) is 0 Å². The summed E-state index contributed by atoms with van der Waals surface area (Å²) in [5, 5.41) is 0. The summed E-state index contributed by atoms with van der Waals surface area (Å²) in [6.45, 7) is 7.60. The zero-order chi connectivity index (χ0) is 12.1. The van der Waals surface area contributed by atoms with E-state index in [2.05, 4.69) is 9.38 Å². The smallest absolute Gasteiger partial charge is 0.253 e. The van der Waals surface area contributed by atoms with E-state index in [0.717, 1.165) is 5.56 Å². The number of aryl methyl sites for hydroxylation is 1. The molecule has 0 unspecified atom stereocenters. The van der Waals surface area contributed by atoms with E-state index in [1.165, 1.54) is 0 Å². The number of nitrogens with zero attached hydrogens (tertiary/aromatic N) is 2. The van der Waals surface area contributed by atoms with Gasteiger partial charge in [-0.05, 0) is 18.6 Å². The molecule has 0 atom stereocenters. The second-order valence-electron chi connectivity index (χ2n) is 5.02. The molecule has 1 aliphatic rings. The van der Waals surface area contributed by atoms with Crippen LogP contribution in [0.4, 0.5) is 0 Å². The lowest BCUT2D eigenvalue weighted by atomic mass is 9.88. The summed E-state index contributed by atoms with van der Waals surface area (Å²) in [6.07, 6.45) is 1.67. The van der Waals surface area contributed by atoms with E-state index in [1.807, 2.05) is 27.7 Å². The highest BCUT2D eigenvalue weighted by Crippen LogP contribution is 2.33. The maximum absolute atomic E-state index is 11.8. The Labute approximate surface area is 95.5 Å². The highest BCUT2D eigenvalue weighted by atomic mass is 32.2. The summed E-state index contributed by atoms with van der Waals surface area (Å²) in [5.41, 5.74) is 1.55. The number of sulfonamides is 1. The predicted molar refractivity (Wildman–Crippen MR) is 62.2 cm³/mol. The maximum Gasteiger partial charge on any atom is 0.284 e. The summed E-state index contributed by atoms with van der Waals surface area (Å²) in [6, 6.07) is 1.62. The first-order valence-electron chi connectivity index (χ1n) is 5.04. The van der Waals surface area contributed by atoms with Crippen LogP contribution in [-0.2, 0) is 10.0 Å². The summed E-state index contributed by atoms with van der Waals surface area (Å²) >= 11 is 0. The van der Waals surface area contributed by atoms with E-state index in [0.29, 0.717) is 11.4 Å². The third-order valence-electron chi connectivity index (χ3n) is 2.41. The first-order chi connectivity index (χ1) is 7.22. The molecule has 16 heavy (non-hydrogen) atoms. The minimum atomic E-state index is -3.53. The summed E-state index contributed by atoms with van der Waals surface area (Å²) in [7, 11) is -3.53. The molecule has 0 spiro atoms. The Bertz CT molecular complexity index is 580. The molecule has 0 radical (unpaired) electrons. The van der Waals surface area contributed by atoms with Gasteiger partial charge in [0.2, 0.25) is 0 Å². The van der Waals surface area contributed by atoms with Gasteiger partial charge in [-0.3, -0.25) is 4.98 Å². The minimum absolute atomic E-state index is 0.234. The van der Waals surface area contributed by atoms with Crippen LogP contribution < -0.4 is 0 Å². The first-order valence-corrected chi connectivity index (χ1v) is 6.48. The van der Waals surface area contributed by atoms with Crippen molar-refractivity contribution in [3.63, 3.8) is 0 Å². The van der Waals surface area contributed by atoms with Gasteiger partial charge >= 0.3 is 0 Å². The molecule has 0 saturated heterocycles. The van der Waals surface area contributed by atoms with Gasteiger partial charge in [0.15, 0.2) is 0 Å². The van der Waals surface area contributed by atoms with Gasteiger partial charge in [-0.2, -0.15) is 12.8 Å². The zero-order valence-corrected chi connectivity index (χ0v) is 10.6. The van der Waals surface area contributed by atoms with Crippen LogP contribution in [-0.4, -0.2) is 19.1 Å². The summed E-state index contributed by atoms with van der Waals surface area (Å²) < 4.78 is 27.5. The Morgan fingerprint density at radius 1 is 1.25 bits per heavy atom. The van der Waals surface area contributed by atoms with Crippen LogP contribution in [0.1, 0.15) is 32.0 Å². The maximum atomic E-state index is 11.8. The van der Waals surface area contributed by atoms with Crippen molar-refractivity contribution in [3.8, 4) is 0 Å². The standard InChI is InChI=1S/C11H14N2O2S/c1-7-5-8-9(12-6-7)10(11(2,3)4)13-16(8,14)15/h5-6H,1-4H3. The number of hydrogen-bond acceptors (Lipinski definition) is 3. The highest BCUT2D eigenvalue weighted by Gasteiger charge is 2.36. The molecular formula is C11H14N2O2S. The monoisotopic (exact) mass is 238 g/mol. The van der Waals surface area contributed by atoms with Crippen molar-refractivity contribution in [3.05, 3.63) is 23.5 Å². The van der Waals surface area contributed by atoms with Gasteiger partial charge in [-0.25, -0.2) is 0 Å². The van der Waals surface area contributed by atoms with Gasteiger partial charge in [-0.1, -0.05) is 20.8 Å². The summed E-state index contributed by atoms with van der Waals surface area (Å²) in [4.78, 5) is 4.43. The van der Waals surface area contributed by atoms with Gasteiger partial charge in [0.05, 0.1) is 5.71 Å². The number of hydrogen-bond donors (Lipinski definition) is 0. The van der Waals surface area contributed by atoms with E-state index < -0.39 is 10.0 Å². The molecule has 0 amide bonds. The first kappa shape index (κ1) is 11.3. The van der Waals surface area contributed by atoms with Crippen molar-refractivity contribution >= 4 is 15.7 Å². The molecule has 5 heteroatoms. The molecule has 0 aromatic carbocycles. The quantitative estimate of drug-likeness (QED) is 0.694. The van der Waals surface area contributed by atoms with Gasteiger partial charge < -0.3 is 0 Å². The Morgan fingerprint density at radius 3 is 2.44 bits per heavy atom. The number of fused-ring (bicyclic) bond motifs is 1. The Kier molecular flexibility index (Phi) is 2.21. The SMILES string of the molecule is Cc1cnc2c(c1)S(=O)(=O)N=C2C(C)(C)C. The molecule has 2 heterocycles. The molecule has 0 saturated carbocycles. The highest BCUT2D eigenvalue weighted by molar-refractivity contribution is 7.90. The molecule has 0 bridgehead atoms. The van der Waals surface area contributed by atoms with Crippen molar-refractivity contribution in [2.24, 2.45) is 9.81 Å². The van der Waals surface area contributed by atoms with Crippen LogP contribution in [0.15, 0.2) is 21.6 Å². The number of aromatic nitrogens is 1. The van der Waals surface area contributed by atoms with Crippen LogP contribution in [0.25, 0.3) is 0 Å². The van der Waals surface area contributed by atoms with E-state index in [-0.39, 0.29) is 10.3 Å². The third-order valence-corrected chi connectivity index (χ3v) is 3.70. The van der Waals surface area contributed by atoms with Crippen molar-refractivity contribution in [1.82, 2.24) is 4.98 Å². The Hall–Kier alpha value is -1.23. The third kappa shape index (κ3) is 1.65. The normalized spacial score (nSPS) is 18.1. The van der Waals surface area contributed by atoms with E-state index in [9.17, 15) is 8.42 Å². The van der Waals surface area contributed by atoms with Crippen LogP contribution >= 0.6 is 0 Å². The van der Waals surface area contributed by atoms with Crippen molar-refractivity contribution < 1.29 is 8.42 Å². The molecule has 2 rings (SSSR count). The fraction of sp³-hybridized carbons (Fsp3) is 0.455. The number of rotatable bonds is 0. The van der Waals surface area contributed by atoms with Gasteiger partial charge in [-0.15, -0.1) is 0 Å². The molecule has 0 aliphatic carbocycles. The summed E-state index contributed by atoms with van der Waals surface area (Å²) in [5.74, 6) is 0. The van der Waals surface area contributed by atoms with Crippen LogP contribution in [0.5, 0.6) is 0 Å². The van der Waals surface area contributed by atoms with Crippen molar-refractivity contribution in [1.29, 1.82) is 0 Å². The average molecular weight is 238 g/mol. The molecule has 1 aromatic heterocycles. The van der Waals surface area contributed by atoms with Crippen molar-refractivity contribution in [2.45, 2.75) is 32.6 Å². The van der Waals surface area contributed by atoms with Gasteiger partial charge in [0.1, 0.15) is 10.6 Å². The average Bonchev–Trinajstić information content (AvgIpc) is 2.38. The Morgan fingerprint density at radius 2 is 1.88 bits per heavy atom. The zero-order valence-electron chi connectivity index (χ0n) is 9.77. The lowest BCUT2D eigenvalue weighted by molar-refractivity contribution is 0.588. The van der Waals surface area contributed by atoms with Crippen LogP contribution in [0.3, 0.4) is 0 Å². The van der Waals surface area contributed by atoms with Crippen LogP contribution in [0.2, 0.25) is 0 Å². The second kappa shape index (κ2) is 3.13. The molecule has 0 fully saturated rings. The lowest BCUT2D eigenvalue weighted by Crippen LogP contribution is -2.20. The predicted octanol–water partition coefficient (Wildman–Crippen LogP) is 1.93. The Balaban J connectivity index is 2.75. The van der Waals surface area contributed by atoms with Crippen LogP contribution in [0, 0.1) is 12.3 Å².